The fourth-order valence-corrected chi connectivity index (χ4v) is 0.683. The highest BCUT2D eigenvalue weighted by molar-refractivity contribution is 6.08. The summed E-state index contributed by atoms with van der Waals surface area (Å²) in [7, 11) is 5.29. The van der Waals surface area contributed by atoms with Gasteiger partial charge < -0.3 is 5.11 Å². The Labute approximate surface area is 55.7 Å². The summed E-state index contributed by atoms with van der Waals surface area (Å²) in [5.74, 6) is 0.278. The Hall–Kier alpha value is -0.915. The third kappa shape index (κ3) is 1.25. The fourth-order valence-electron chi connectivity index (χ4n) is 0.683. The zero-order valence-electron chi connectivity index (χ0n) is 5.04. The van der Waals surface area contributed by atoms with Gasteiger partial charge in [-0.05, 0) is 11.6 Å². The maximum absolute atomic E-state index is 9.03. The summed E-state index contributed by atoms with van der Waals surface area (Å²) >= 11 is 0. The van der Waals surface area contributed by atoms with E-state index in [4.69, 9.17) is 13.0 Å². The molecule has 0 aromatic heterocycles. The number of phenolic OH excluding ortho intramolecular Hbond substituents is 1. The van der Waals surface area contributed by atoms with Gasteiger partial charge >= 0.3 is 0 Å². The van der Waals surface area contributed by atoms with E-state index >= 15 is 0 Å². The highest BCUT2D eigenvalue weighted by Crippen LogP contribution is 2.13. The molecular formula is C7H7BO. The normalized spacial score (nSPS) is 9.33. The molecule has 1 N–H and O–H groups in total. The van der Waals surface area contributed by atoms with Crippen molar-refractivity contribution in [3.05, 3.63) is 29.8 Å². The molecule has 0 amide bonds. The van der Waals surface area contributed by atoms with Crippen LogP contribution >= 0.6 is 0 Å². The summed E-state index contributed by atoms with van der Waals surface area (Å²) in [5, 5.41) is 9.03. The van der Waals surface area contributed by atoms with Crippen molar-refractivity contribution in [2.75, 3.05) is 0 Å². The topological polar surface area (TPSA) is 20.2 Å². The summed E-state index contributed by atoms with van der Waals surface area (Å²) in [5.41, 5.74) is 0.789. The second-order valence-electron chi connectivity index (χ2n) is 1.83. The van der Waals surface area contributed by atoms with Gasteiger partial charge in [-0.2, -0.15) is 0 Å². The lowest BCUT2D eigenvalue weighted by molar-refractivity contribution is 0.470. The number of benzene rings is 1. The van der Waals surface area contributed by atoms with Crippen LogP contribution in [-0.4, -0.2) is 13.0 Å². The van der Waals surface area contributed by atoms with Crippen LogP contribution in [0, 0.1) is 0 Å². The van der Waals surface area contributed by atoms with Gasteiger partial charge in [0, 0.05) is 0 Å². The minimum atomic E-state index is 0.278. The van der Waals surface area contributed by atoms with E-state index < -0.39 is 0 Å². The van der Waals surface area contributed by atoms with Crippen LogP contribution in [0.1, 0.15) is 5.56 Å². The van der Waals surface area contributed by atoms with Gasteiger partial charge in [-0.15, -0.1) is 0 Å². The van der Waals surface area contributed by atoms with Gasteiger partial charge in [-0.3, -0.25) is 0 Å². The minimum absolute atomic E-state index is 0.278. The molecule has 2 heteroatoms. The molecule has 0 aliphatic carbocycles. The molecule has 0 bridgehead atoms. The number of hydrogen-bond acceptors (Lipinski definition) is 1. The Kier molecular flexibility index (Phi) is 1.78. The molecular weight excluding hydrogens is 111 g/mol. The lowest BCUT2D eigenvalue weighted by Crippen LogP contribution is -1.81. The number of aromatic hydroxyl groups is 1. The molecule has 0 saturated carbocycles. The van der Waals surface area contributed by atoms with Gasteiger partial charge in [0.1, 0.15) is 5.75 Å². The smallest absolute Gasteiger partial charge is 0.118 e. The molecule has 0 atom stereocenters. The molecule has 44 valence electrons. The maximum atomic E-state index is 9.03. The largest absolute Gasteiger partial charge is 0.508 e. The van der Waals surface area contributed by atoms with Crippen molar-refractivity contribution < 1.29 is 5.11 Å². The quantitative estimate of drug-likeness (QED) is 0.546. The van der Waals surface area contributed by atoms with E-state index in [1.807, 2.05) is 6.07 Å². The van der Waals surface area contributed by atoms with Crippen LogP contribution in [0.15, 0.2) is 24.3 Å². The molecule has 0 aliphatic rings. The zero-order chi connectivity index (χ0) is 6.69. The minimum Gasteiger partial charge on any atom is -0.508 e. The van der Waals surface area contributed by atoms with Crippen molar-refractivity contribution in [2.24, 2.45) is 0 Å². The molecule has 0 heterocycles. The Morgan fingerprint density at radius 3 is 2.44 bits per heavy atom. The Morgan fingerprint density at radius 2 is 2.00 bits per heavy atom. The van der Waals surface area contributed by atoms with Crippen molar-refractivity contribution in [3.8, 4) is 5.75 Å². The molecule has 9 heavy (non-hydrogen) atoms. The van der Waals surface area contributed by atoms with Gasteiger partial charge in [0.2, 0.25) is 0 Å². The first-order valence-electron chi connectivity index (χ1n) is 2.81. The number of rotatable bonds is 1. The lowest BCUT2D eigenvalue weighted by Gasteiger charge is -1.97. The maximum Gasteiger partial charge on any atom is 0.118 e. The van der Waals surface area contributed by atoms with Gasteiger partial charge in [-0.25, -0.2) is 0 Å². The Morgan fingerprint density at radius 1 is 1.33 bits per heavy atom. The second kappa shape index (κ2) is 2.58. The van der Waals surface area contributed by atoms with E-state index in [-0.39, 0.29) is 5.75 Å². The first kappa shape index (κ1) is 6.21. The summed E-state index contributed by atoms with van der Waals surface area (Å²) in [4.78, 5) is 0. The molecule has 1 rings (SSSR count). The average molecular weight is 118 g/mol. The zero-order valence-corrected chi connectivity index (χ0v) is 5.04. The lowest BCUT2D eigenvalue weighted by atomic mass is 9.96. The van der Waals surface area contributed by atoms with E-state index in [1.165, 1.54) is 0 Å². The van der Waals surface area contributed by atoms with Gasteiger partial charge in [0.15, 0.2) is 0 Å². The molecule has 0 aliphatic heterocycles. The van der Waals surface area contributed by atoms with E-state index in [0.29, 0.717) is 6.32 Å². The predicted molar refractivity (Wildman–Crippen MR) is 37.6 cm³/mol. The van der Waals surface area contributed by atoms with Crippen LogP contribution in [0.25, 0.3) is 0 Å². The van der Waals surface area contributed by atoms with E-state index in [9.17, 15) is 0 Å². The third-order valence-corrected chi connectivity index (χ3v) is 1.21. The van der Waals surface area contributed by atoms with Crippen molar-refractivity contribution in [1.29, 1.82) is 0 Å². The molecule has 1 aromatic rings. The Bertz CT molecular complexity index is 198. The first-order chi connectivity index (χ1) is 4.34. The highest BCUT2D eigenvalue weighted by Gasteiger charge is 1.92. The molecule has 2 radical (unpaired) electrons. The highest BCUT2D eigenvalue weighted by atomic mass is 16.3. The molecule has 0 spiro atoms. The van der Waals surface area contributed by atoms with E-state index in [1.54, 1.807) is 18.2 Å². The third-order valence-electron chi connectivity index (χ3n) is 1.21. The summed E-state index contributed by atoms with van der Waals surface area (Å²) in [6.45, 7) is 0. The molecule has 0 fully saturated rings. The summed E-state index contributed by atoms with van der Waals surface area (Å²) in [6.07, 6.45) is 0.396. The van der Waals surface area contributed by atoms with Crippen molar-refractivity contribution >= 4 is 7.85 Å². The number of hydrogen-bond donors (Lipinski definition) is 1. The van der Waals surface area contributed by atoms with Crippen LogP contribution in [-0.2, 0) is 6.32 Å². The van der Waals surface area contributed by atoms with E-state index in [2.05, 4.69) is 0 Å². The van der Waals surface area contributed by atoms with Gasteiger partial charge in [-0.1, -0.05) is 24.5 Å². The summed E-state index contributed by atoms with van der Waals surface area (Å²) in [6, 6.07) is 7.05. The predicted octanol–water partition coefficient (Wildman–Crippen LogP) is 1.06. The van der Waals surface area contributed by atoms with E-state index in [0.717, 1.165) is 5.56 Å². The van der Waals surface area contributed by atoms with Crippen molar-refractivity contribution in [3.63, 3.8) is 0 Å². The van der Waals surface area contributed by atoms with Crippen LogP contribution in [0.4, 0.5) is 0 Å². The van der Waals surface area contributed by atoms with Crippen LogP contribution < -0.4 is 0 Å². The standard InChI is InChI=1S/C7H7BO/c8-5-6-3-1-2-4-7(6)9/h1-4,9H,5H2. The molecule has 1 nitrogen and oxygen atoms in total. The van der Waals surface area contributed by atoms with Gasteiger partial charge in [0.25, 0.3) is 0 Å². The molecule has 0 saturated heterocycles. The monoisotopic (exact) mass is 118 g/mol. The second-order valence-corrected chi connectivity index (χ2v) is 1.83. The SMILES string of the molecule is [B]Cc1ccccc1O. The fraction of sp³-hybridized carbons (Fsp3) is 0.143. The molecule has 0 unspecified atom stereocenters. The number of phenols is 1. The van der Waals surface area contributed by atoms with Crippen LogP contribution in [0.3, 0.4) is 0 Å². The van der Waals surface area contributed by atoms with Gasteiger partial charge in [0.05, 0.1) is 7.85 Å². The van der Waals surface area contributed by atoms with Crippen molar-refractivity contribution in [1.82, 2.24) is 0 Å². The summed E-state index contributed by atoms with van der Waals surface area (Å²) < 4.78 is 0. The Balaban J connectivity index is 3.01. The average Bonchev–Trinajstić information content (AvgIpc) is 1.89. The van der Waals surface area contributed by atoms with Crippen LogP contribution in [0.5, 0.6) is 5.75 Å². The first-order valence-corrected chi connectivity index (χ1v) is 2.81. The molecule has 1 aromatic carbocycles. The van der Waals surface area contributed by atoms with Crippen LogP contribution in [0.2, 0.25) is 0 Å². The number of para-hydroxylation sites is 1. The van der Waals surface area contributed by atoms with Crippen molar-refractivity contribution in [2.45, 2.75) is 6.32 Å².